The fourth-order valence-corrected chi connectivity index (χ4v) is 5.52. The molecule has 0 unspecified atom stereocenters. The van der Waals surface area contributed by atoms with Crippen molar-refractivity contribution in [2.45, 2.75) is 23.1 Å². The monoisotopic (exact) mass is 448 g/mol. The van der Waals surface area contributed by atoms with E-state index in [1.54, 1.807) is 0 Å². The van der Waals surface area contributed by atoms with Gasteiger partial charge in [-0.15, -0.1) is 0 Å². The van der Waals surface area contributed by atoms with Crippen molar-refractivity contribution in [3.8, 4) is 6.07 Å². The number of benzene rings is 1. The third-order valence-electron chi connectivity index (χ3n) is 5.70. The Hall–Kier alpha value is -2.90. The van der Waals surface area contributed by atoms with Crippen LogP contribution in [0.1, 0.15) is 29.3 Å². The second-order valence-electron chi connectivity index (χ2n) is 7.58. The molecule has 0 saturated heterocycles. The molecule has 2 aromatic rings. The third kappa shape index (κ3) is 3.11. The van der Waals surface area contributed by atoms with Crippen LogP contribution in [-0.4, -0.2) is 32.5 Å². The van der Waals surface area contributed by atoms with Crippen molar-refractivity contribution in [3.05, 3.63) is 64.7 Å². The second-order valence-corrected chi connectivity index (χ2v) is 8.93. The van der Waals surface area contributed by atoms with E-state index in [0.717, 1.165) is 12.1 Å². The molecule has 1 aromatic carbocycles. The molecule has 1 aliphatic carbocycles. The molecule has 4 rings (SSSR count). The van der Waals surface area contributed by atoms with E-state index in [4.69, 9.17) is 11.0 Å². The van der Waals surface area contributed by atoms with E-state index in [0.29, 0.717) is 11.8 Å². The first-order valence-corrected chi connectivity index (χ1v) is 9.97. The molecule has 1 aliphatic heterocycles. The van der Waals surface area contributed by atoms with E-state index in [-0.39, 0.29) is 27.6 Å². The van der Waals surface area contributed by atoms with Crippen LogP contribution in [0.25, 0.3) is 11.9 Å². The van der Waals surface area contributed by atoms with Crippen LogP contribution in [0.4, 0.5) is 17.6 Å². The average Bonchev–Trinajstić information content (AvgIpc) is 3.25. The summed E-state index contributed by atoms with van der Waals surface area (Å²) in [5.41, 5.74) is 4.25. The third-order valence-corrected chi connectivity index (χ3v) is 7.00. The van der Waals surface area contributed by atoms with E-state index in [9.17, 15) is 22.7 Å². The SMILES string of the molecule is C[C@]1(c2cc(/C=C(\F)c3ccc(C#N)cn3)ccc2F)N=C(N)S[C@]2(CO)[C@H]1C2(F)F. The number of alkyl halides is 2. The summed E-state index contributed by atoms with van der Waals surface area (Å²) in [4.78, 5) is 7.97. The summed E-state index contributed by atoms with van der Waals surface area (Å²) >= 11 is 0.590. The molecule has 1 fully saturated rings. The molecule has 31 heavy (non-hydrogen) atoms. The molecule has 10 heteroatoms. The van der Waals surface area contributed by atoms with E-state index in [1.165, 1.54) is 37.4 Å². The molecular formula is C21H16F4N4OS. The fraction of sp³-hybridized carbons (Fsp3) is 0.286. The number of nitrogens with two attached hydrogens (primary N) is 1. The van der Waals surface area contributed by atoms with Gasteiger partial charge >= 0.3 is 0 Å². The highest BCUT2D eigenvalue weighted by Crippen LogP contribution is 2.74. The van der Waals surface area contributed by atoms with E-state index < -0.39 is 40.4 Å². The van der Waals surface area contributed by atoms with Gasteiger partial charge in [-0.2, -0.15) is 5.26 Å². The van der Waals surface area contributed by atoms with Crippen molar-refractivity contribution < 1.29 is 22.7 Å². The predicted molar refractivity (Wildman–Crippen MR) is 109 cm³/mol. The Morgan fingerprint density at radius 1 is 1.35 bits per heavy atom. The maximum Gasteiger partial charge on any atom is 0.272 e. The number of thioether (sulfide) groups is 1. The van der Waals surface area contributed by atoms with Gasteiger partial charge in [0.1, 0.15) is 22.5 Å². The number of nitriles is 1. The largest absolute Gasteiger partial charge is 0.395 e. The van der Waals surface area contributed by atoms with Gasteiger partial charge < -0.3 is 10.8 Å². The van der Waals surface area contributed by atoms with Gasteiger partial charge in [0.05, 0.1) is 29.3 Å². The lowest BCUT2D eigenvalue weighted by Crippen LogP contribution is -2.37. The number of amidine groups is 1. The maximum atomic E-state index is 14.8. The van der Waals surface area contributed by atoms with Crippen LogP contribution in [0.5, 0.6) is 0 Å². The number of aliphatic hydroxyl groups is 1. The van der Waals surface area contributed by atoms with Crippen molar-refractivity contribution in [2.75, 3.05) is 6.61 Å². The van der Waals surface area contributed by atoms with Crippen LogP contribution in [0, 0.1) is 23.1 Å². The van der Waals surface area contributed by atoms with Gasteiger partial charge in [0.15, 0.2) is 5.17 Å². The minimum absolute atomic E-state index is 0.0413. The summed E-state index contributed by atoms with van der Waals surface area (Å²) in [5, 5.41) is 18.3. The zero-order valence-corrected chi connectivity index (χ0v) is 16.9. The summed E-state index contributed by atoms with van der Waals surface area (Å²) in [6, 6.07) is 8.16. The number of pyridine rings is 1. The lowest BCUT2D eigenvalue weighted by molar-refractivity contribution is 0.0685. The Labute approximate surface area is 179 Å². The topological polar surface area (TPSA) is 95.3 Å². The molecule has 2 heterocycles. The van der Waals surface area contributed by atoms with Crippen molar-refractivity contribution in [1.82, 2.24) is 4.98 Å². The summed E-state index contributed by atoms with van der Waals surface area (Å²) in [5.74, 6) is -6.35. The number of aromatic nitrogens is 1. The summed E-state index contributed by atoms with van der Waals surface area (Å²) in [6.07, 6.45) is 2.29. The minimum atomic E-state index is -3.32. The van der Waals surface area contributed by atoms with Gasteiger partial charge in [0.2, 0.25) is 0 Å². The molecule has 0 bridgehead atoms. The van der Waals surface area contributed by atoms with Crippen molar-refractivity contribution >= 4 is 28.8 Å². The van der Waals surface area contributed by atoms with E-state index in [1.807, 2.05) is 6.07 Å². The first kappa shape index (κ1) is 21.3. The first-order valence-electron chi connectivity index (χ1n) is 9.16. The van der Waals surface area contributed by atoms with Gasteiger partial charge in [-0.25, -0.2) is 17.6 Å². The lowest BCUT2D eigenvalue weighted by atomic mass is 9.84. The molecule has 3 N–H and O–H groups in total. The van der Waals surface area contributed by atoms with Crippen molar-refractivity contribution in [2.24, 2.45) is 16.6 Å². The summed E-state index contributed by atoms with van der Waals surface area (Å²) < 4.78 is 56.9. The Morgan fingerprint density at radius 2 is 2.10 bits per heavy atom. The Balaban J connectivity index is 1.76. The van der Waals surface area contributed by atoms with Crippen LogP contribution >= 0.6 is 11.8 Å². The molecule has 1 aromatic heterocycles. The number of nitrogens with zero attached hydrogens (tertiary/aromatic N) is 3. The van der Waals surface area contributed by atoms with Gasteiger partial charge in [0, 0.05) is 11.8 Å². The van der Waals surface area contributed by atoms with Gasteiger partial charge in [-0.05, 0) is 42.8 Å². The predicted octanol–water partition coefficient (Wildman–Crippen LogP) is 3.83. The van der Waals surface area contributed by atoms with Crippen LogP contribution in [-0.2, 0) is 5.54 Å². The molecule has 0 amide bonds. The van der Waals surface area contributed by atoms with Crippen LogP contribution in [0.3, 0.4) is 0 Å². The number of fused-ring (bicyclic) bond motifs is 1. The lowest BCUT2D eigenvalue weighted by Gasteiger charge is -2.32. The number of hydrogen-bond acceptors (Lipinski definition) is 6. The number of aliphatic hydroxyl groups excluding tert-OH is 1. The quantitative estimate of drug-likeness (QED) is 0.694. The van der Waals surface area contributed by atoms with Crippen LogP contribution < -0.4 is 5.73 Å². The highest BCUT2D eigenvalue weighted by Gasteiger charge is 2.87. The van der Waals surface area contributed by atoms with Crippen LogP contribution in [0.2, 0.25) is 0 Å². The first-order chi connectivity index (χ1) is 14.6. The molecule has 0 radical (unpaired) electrons. The van der Waals surface area contributed by atoms with E-state index >= 15 is 0 Å². The Morgan fingerprint density at radius 3 is 2.71 bits per heavy atom. The average molecular weight is 448 g/mol. The molecule has 3 atom stereocenters. The minimum Gasteiger partial charge on any atom is -0.395 e. The second kappa shape index (κ2) is 7.07. The normalized spacial score (nSPS) is 29.0. The highest BCUT2D eigenvalue weighted by molar-refractivity contribution is 8.15. The summed E-state index contributed by atoms with van der Waals surface area (Å²) in [6.45, 7) is 0.487. The molecule has 0 spiro atoms. The van der Waals surface area contributed by atoms with Gasteiger partial charge in [-0.1, -0.05) is 17.8 Å². The maximum absolute atomic E-state index is 14.8. The number of aliphatic imine (C=N–C) groups is 1. The highest BCUT2D eigenvalue weighted by atomic mass is 32.2. The molecule has 160 valence electrons. The molecule has 2 aliphatic rings. The zero-order chi connectivity index (χ0) is 22.6. The fourth-order valence-electron chi connectivity index (χ4n) is 4.16. The van der Waals surface area contributed by atoms with Gasteiger partial charge in [0.25, 0.3) is 5.92 Å². The van der Waals surface area contributed by atoms with Crippen molar-refractivity contribution in [1.29, 1.82) is 5.26 Å². The zero-order valence-electron chi connectivity index (χ0n) is 16.1. The van der Waals surface area contributed by atoms with Gasteiger partial charge in [-0.3, -0.25) is 9.98 Å². The standard InChI is InChI=1S/C21H16F4N4OS/c1-19(17-20(10-30,21(17,24)25)31-18(27)29-19)13-6-11(2-4-14(13)22)7-15(23)16-5-3-12(8-26)9-28-16/h2-7,9,17,30H,10H2,1H3,(H2,27,29)/b15-7-/t17-,19+,20+/m0/s1. The smallest absolute Gasteiger partial charge is 0.272 e. The molecule has 1 saturated carbocycles. The van der Waals surface area contributed by atoms with Crippen LogP contribution in [0.15, 0.2) is 41.5 Å². The molecule has 5 nitrogen and oxygen atoms in total. The Bertz CT molecular complexity index is 1160. The van der Waals surface area contributed by atoms with E-state index in [2.05, 4.69) is 9.98 Å². The Kier molecular flexibility index (Phi) is 4.87. The summed E-state index contributed by atoms with van der Waals surface area (Å²) in [7, 11) is 0. The van der Waals surface area contributed by atoms with Crippen molar-refractivity contribution in [3.63, 3.8) is 0 Å². The molecular weight excluding hydrogens is 432 g/mol. The number of hydrogen-bond donors (Lipinski definition) is 2. The number of halogens is 4. The number of rotatable bonds is 4.